The molecule has 1 N–H and O–H groups in total. The van der Waals surface area contributed by atoms with E-state index in [9.17, 15) is 13.6 Å². The summed E-state index contributed by atoms with van der Waals surface area (Å²) in [5.41, 5.74) is 1.33. The third kappa shape index (κ3) is 5.10. The first-order chi connectivity index (χ1) is 13.7. The van der Waals surface area contributed by atoms with E-state index in [2.05, 4.69) is 15.9 Å². The highest BCUT2D eigenvalue weighted by Gasteiger charge is 2.32. The van der Waals surface area contributed by atoms with Gasteiger partial charge >= 0.3 is 6.09 Å². The third-order valence-corrected chi connectivity index (χ3v) is 6.42. The number of ether oxygens (including phenoxy) is 1. The van der Waals surface area contributed by atoms with Crippen molar-refractivity contribution in [1.82, 2.24) is 4.90 Å². The van der Waals surface area contributed by atoms with Crippen molar-refractivity contribution in [2.24, 2.45) is 0 Å². The molecular weight excluding hydrogens is 456 g/mol. The molecule has 1 aliphatic heterocycles. The predicted molar refractivity (Wildman–Crippen MR) is 121 cm³/mol. The van der Waals surface area contributed by atoms with Gasteiger partial charge in [-0.05, 0) is 50.6 Å². The van der Waals surface area contributed by atoms with Gasteiger partial charge in [-0.2, -0.15) is 0 Å². The van der Waals surface area contributed by atoms with E-state index < -0.39 is 16.9 Å². The molecule has 6 nitrogen and oxygen atoms in total. The Balaban J connectivity index is 1.83. The van der Waals surface area contributed by atoms with Crippen LogP contribution >= 0.6 is 15.9 Å². The van der Waals surface area contributed by atoms with Gasteiger partial charge in [0.15, 0.2) is 0 Å². The Labute approximate surface area is 182 Å². The summed E-state index contributed by atoms with van der Waals surface area (Å²) in [6.45, 7) is 6.51. The van der Waals surface area contributed by atoms with Gasteiger partial charge < -0.3 is 9.64 Å². The molecule has 1 amide bonds. The van der Waals surface area contributed by atoms with E-state index in [0.717, 1.165) is 22.0 Å². The van der Waals surface area contributed by atoms with Crippen LogP contribution in [0.15, 0.2) is 36.4 Å². The van der Waals surface area contributed by atoms with E-state index in [4.69, 9.17) is 4.74 Å². The summed E-state index contributed by atoms with van der Waals surface area (Å²) in [6.07, 6.45) is 0.861. The Bertz CT molecular complexity index is 907. The molecule has 158 valence electrons. The number of benzene rings is 2. The fourth-order valence-corrected chi connectivity index (χ4v) is 4.95. The monoisotopic (exact) mass is 482 g/mol. The fraction of sp³-hybridized carbons (Fsp3) is 0.476. The lowest BCUT2D eigenvalue weighted by molar-refractivity contribution is 0.0208. The van der Waals surface area contributed by atoms with E-state index in [-0.39, 0.29) is 12.1 Å². The Kier molecular flexibility index (Phi) is 6.86. The Hall–Kier alpha value is -1.64. The number of likely N-dealkylation sites (tertiary alicyclic amines) is 1. The number of fused-ring (bicyclic) bond motifs is 1. The molecule has 1 unspecified atom stereocenters. The average Bonchev–Trinajstić information content (AvgIpc) is 2.67. The molecule has 8 heteroatoms. The molecule has 2 aromatic carbocycles. The smallest absolute Gasteiger partial charge is 0.410 e. The normalized spacial score (nSPS) is 16.7. The van der Waals surface area contributed by atoms with Gasteiger partial charge in [0.1, 0.15) is 5.60 Å². The van der Waals surface area contributed by atoms with Crippen LogP contribution in [0.1, 0.15) is 39.2 Å². The van der Waals surface area contributed by atoms with Gasteiger partial charge in [0.05, 0.1) is 5.69 Å². The number of hydrogen-bond donors (Lipinski definition) is 1. The van der Waals surface area contributed by atoms with Crippen molar-refractivity contribution in [3.8, 4) is 0 Å². The highest BCUT2D eigenvalue weighted by molar-refractivity contribution is 9.08. The average molecular weight is 483 g/mol. The summed E-state index contributed by atoms with van der Waals surface area (Å²) >= 11 is 1.35. The molecule has 1 atom stereocenters. The molecule has 0 aromatic heterocycles. The fourth-order valence-electron chi connectivity index (χ4n) is 3.67. The second-order valence-corrected chi connectivity index (χ2v) is 9.59. The van der Waals surface area contributed by atoms with Crippen molar-refractivity contribution < 1.29 is 18.3 Å². The van der Waals surface area contributed by atoms with Crippen LogP contribution in [0.25, 0.3) is 10.8 Å². The summed E-state index contributed by atoms with van der Waals surface area (Å²) in [6, 6.07) is 11.7. The quantitative estimate of drug-likeness (QED) is 0.487. The second kappa shape index (κ2) is 9.02. The largest absolute Gasteiger partial charge is 0.444 e. The lowest BCUT2D eigenvalue weighted by atomic mass is 10.0. The molecular formula is C21H27BrN2O4S. The van der Waals surface area contributed by atoms with Gasteiger partial charge in [-0.1, -0.05) is 46.3 Å². The van der Waals surface area contributed by atoms with Crippen LogP contribution in [0.3, 0.4) is 0 Å². The van der Waals surface area contributed by atoms with Crippen LogP contribution in [-0.4, -0.2) is 44.5 Å². The Morgan fingerprint density at radius 1 is 1.21 bits per heavy atom. The van der Waals surface area contributed by atoms with Gasteiger partial charge in [0.2, 0.25) is 0 Å². The topological polar surface area (TPSA) is 70.1 Å². The first kappa shape index (κ1) is 22.1. The number of carbonyl (C=O) groups excluding carboxylic acids is 1. The highest BCUT2D eigenvalue weighted by Crippen LogP contribution is 2.34. The van der Waals surface area contributed by atoms with E-state index in [1.165, 1.54) is 0 Å². The van der Waals surface area contributed by atoms with Gasteiger partial charge in [-0.25, -0.2) is 9.00 Å². The van der Waals surface area contributed by atoms with Crippen LogP contribution in [-0.2, 0) is 21.3 Å². The molecule has 1 fully saturated rings. The van der Waals surface area contributed by atoms with E-state index in [1.807, 2.05) is 57.2 Å². The van der Waals surface area contributed by atoms with Crippen LogP contribution in [0.4, 0.5) is 10.5 Å². The van der Waals surface area contributed by atoms with Crippen molar-refractivity contribution in [3.05, 3.63) is 42.0 Å². The summed E-state index contributed by atoms with van der Waals surface area (Å²) in [5.74, 6) is 0. The van der Waals surface area contributed by atoms with Crippen LogP contribution in [0.2, 0.25) is 0 Å². The molecule has 1 saturated heterocycles. The summed E-state index contributed by atoms with van der Waals surface area (Å²) in [4.78, 5) is 14.0. The molecule has 1 heterocycles. The van der Waals surface area contributed by atoms with Gasteiger partial charge in [-0.15, -0.1) is 0 Å². The summed E-state index contributed by atoms with van der Waals surface area (Å²) < 4.78 is 29.5. The second-order valence-electron chi connectivity index (χ2n) is 8.18. The Morgan fingerprint density at radius 2 is 1.83 bits per heavy atom. The predicted octanol–water partition coefficient (Wildman–Crippen LogP) is 5.08. The minimum atomic E-state index is -2.17. The van der Waals surface area contributed by atoms with Gasteiger partial charge in [0, 0.05) is 29.8 Å². The first-order valence-electron chi connectivity index (χ1n) is 9.66. The zero-order valence-electron chi connectivity index (χ0n) is 16.9. The number of rotatable bonds is 4. The number of piperidine rings is 1. The summed E-state index contributed by atoms with van der Waals surface area (Å²) in [5, 5.41) is 2.72. The van der Waals surface area contributed by atoms with Crippen molar-refractivity contribution in [2.45, 2.75) is 50.6 Å². The number of carbonyl (C=O) groups is 1. The molecule has 0 bridgehead atoms. The minimum absolute atomic E-state index is 0.141. The maximum atomic E-state index is 12.3. The van der Waals surface area contributed by atoms with Crippen LogP contribution < -0.4 is 4.31 Å². The van der Waals surface area contributed by atoms with Crippen molar-refractivity contribution in [3.63, 3.8) is 0 Å². The molecule has 1 aliphatic rings. The summed E-state index contributed by atoms with van der Waals surface area (Å²) in [7, 11) is 0. The van der Waals surface area contributed by atoms with Gasteiger partial charge in [-0.3, -0.25) is 8.86 Å². The highest BCUT2D eigenvalue weighted by atomic mass is 79.9. The van der Waals surface area contributed by atoms with Crippen molar-refractivity contribution in [2.75, 3.05) is 17.4 Å². The van der Waals surface area contributed by atoms with Crippen LogP contribution in [0, 0.1) is 0 Å². The standard InChI is InChI=1S/C21H27BrN2O4S/c1-21(2,3)28-20(25)23-12-10-16(11-13-23)24(29(26)27)19-9-8-15(14-22)17-6-4-5-7-18(17)19/h4-9,16H,10-14H2,1-3H3,(H,26,27). The Morgan fingerprint density at radius 3 is 2.38 bits per heavy atom. The number of nitrogens with zero attached hydrogens (tertiary/aromatic N) is 2. The molecule has 0 aliphatic carbocycles. The molecule has 29 heavy (non-hydrogen) atoms. The first-order valence-corrected chi connectivity index (χ1v) is 11.8. The zero-order chi connectivity index (χ0) is 21.2. The molecule has 3 rings (SSSR count). The van der Waals surface area contributed by atoms with E-state index >= 15 is 0 Å². The van der Waals surface area contributed by atoms with Crippen molar-refractivity contribution >= 4 is 49.7 Å². The van der Waals surface area contributed by atoms with E-state index in [0.29, 0.717) is 31.3 Å². The van der Waals surface area contributed by atoms with Crippen molar-refractivity contribution in [1.29, 1.82) is 0 Å². The number of halogens is 1. The number of alkyl halides is 1. The maximum absolute atomic E-state index is 12.3. The number of anilines is 1. The maximum Gasteiger partial charge on any atom is 0.410 e. The van der Waals surface area contributed by atoms with E-state index in [1.54, 1.807) is 9.21 Å². The lowest BCUT2D eigenvalue weighted by Gasteiger charge is -2.38. The van der Waals surface area contributed by atoms with Crippen LogP contribution in [0.5, 0.6) is 0 Å². The third-order valence-electron chi connectivity index (χ3n) is 4.99. The SMILES string of the molecule is CC(C)(C)OC(=O)N1CCC(N(c2ccc(CBr)c3ccccc23)S(=O)O)CC1. The van der Waals surface area contributed by atoms with Gasteiger partial charge in [0.25, 0.3) is 11.3 Å². The lowest BCUT2D eigenvalue weighted by Crippen LogP contribution is -2.48. The molecule has 0 spiro atoms. The molecule has 2 aromatic rings. The minimum Gasteiger partial charge on any atom is -0.444 e. The number of hydrogen-bond acceptors (Lipinski definition) is 3. The zero-order valence-corrected chi connectivity index (χ0v) is 19.3. The number of amides is 1. The molecule has 0 saturated carbocycles. The molecule has 0 radical (unpaired) electrons.